The lowest BCUT2D eigenvalue weighted by Gasteiger charge is -2.36. The summed E-state index contributed by atoms with van der Waals surface area (Å²) in [7, 11) is 4.04. The lowest BCUT2D eigenvalue weighted by atomic mass is 9.84. The molecule has 0 aromatic heterocycles. The minimum atomic E-state index is 0.226. The van der Waals surface area contributed by atoms with Crippen LogP contribution in [0.4, 0.5) is 0 Å². The second-order valence-corrected chi connectivity index (χ2v) is 7.39. The van der Waals surface area contributed by atoms with E-state index in [1.54, 1.807) is 7.11 Å². The summed E-state index contributed by atoms with van der Waals surface area (Å²) in [5.41, 5.74) is 0.722. The molecule has 1 fully saturated rings. The summed E-state index contributed by atoms with van der Waals surface area (Å²) in [6, 6.07) is 0. The zero-order valence-electron chi connectivity index (χ0n) is 13.7. The van der Waals surface area contributed by atoms with Crippen molar-refractivity contribution in [1.29, 1.82) is 0 Å². The van der Waals surface area contributed by atoms with Crippen molar-refractivity contribution in [2.75, 3.05) is 40.4 Å². The van der Waals surface area contributed by atoms with E-state index in [0.29, 0.717) is 5.41 Å². The van der Waals surface area contributed by atoms with E-state index in [-0.39, 0.29) is 5.54 Å². The van der Waals surface area contributed by atoms with Crippen molar-refractivity contribution < 1.29 is 4.74 Å². The Morgan fingerprint density at radius 3 is 2.37 bits per heavy atom. The van der Waals surface area contributed by atoms with E-state index in [1.807, 2.05) is 0 Å². The van der Waals surface area contributed by atoms with Crippen LogP contribution in [0.3, 0.4) is 0 Å². The molecule has 1 N–H and O–H groups in total. The molecule has 0 amide bonds. The molecule has 19 heavy (non-hydrogen) atoms. The Bertz CT molecular complexity index is 242. The average Bonchev–Trinajstić information content (AvgIpc) is 2.75. The predicted octanol–water partition coefficient (Wildman–Crippen LogP) is 2.90. The van der Waals surface area contributed by atoms with Crippen LogP contribution in [0.1, 0.15) is 52.9 Å². The summed E-state index contributed by atoms with van der Waals surface area (Å²) in [5, 5.41) is 3.73. The van der Waals surface area contributed by atoms with Gasteiger partial charge in [0.05, 0.1) is 0 Å². The zero-order valence-corrected chi connectivity index (χ0v) is 13.7. The van der Waals surface area contributed by atoms with Gasteiger partial charge in [0.1, 0.15) is 0 Å². The van der Waals surface area contributed by atoms with Crippen LogP contribution in [0.2, 0.25) is 0 Å². The van der Waals surface area contributed by atoms with Gasteiger partial charge >= 0.3 is 0 Å². The summed E-state index contributed by atoms with van der Waals surface area (Å²) in [4.78, 5) is 2.49. The number of methoxy groups -OCH3 is 1. The SMILES string of the molecule is COCCCN(C)CC1(CNC(C)(C)C)CCCC1. The lowest BCUT2D eigenvalue weighted by Crippen LogP contribution is -2.47. The first-order valence-corrected chi connectivity index (χ1v) is 7.79. The molecule has 0 aromatic carbocycles. The summed E-state index contributed by atoms with van der Waals surface area (Å²) < 4.78 is 5.14. The maximum Gasteiger partial charge on any atom is 0.0474 e. The Hall–Kier alpha value is -0.120. The molecule has 0 aliphatic heterocycles. The van der Waals surface area contributed by atoms with Crippen LogP contribution < -0.4 is 5.32 Å². The monoisotopic (exact) mass is 270 g/mol. The number of nitrogens with one attached hydrogen (secondary N) is 1. The molecule has 3 heteroatoms. The molecule has 0 saturated heterocycles. The second kappa shape index (κ2) is 7.61. The molecule has 1 rings (SSSR count). The molecule has 0 atom stereocenters. The minimum Gasteiger partial charge on any atom is -0.385 e. The Labute approximate surface area is 120 Å². The van der Waals surface area contributed by atoms with Gasteiger partial charge in [-0.05, 0) is 52.5 Å². The first-order valence-electron chi connectivity index (χ1n) is 7.79. The van der Waals surface area contributed by atoms with E-state index in [9.17, 15) is 0 Å². The van der Waals surface area contributed by atoms with Gasteiger partial charge < -0.3 is 15.0 Å². The van der Waals surface area contributed by atoms with Crippen LogP contribution in [0.5, 0.6) is 0 Å². The fraction of sp³-hybridized carbons (Fsp3) is 1.00. The molecule has 0 bridgehead atoms. The van der Waals surface area contributed by atoms with Crippen molar-refractivity contribution in [3.63, 3.8) is 0 Å². The molecule has 0 aromatic rings. The third-order valence-corrected chi connectivity index (χ3v) is 4.15. The number of rotatable bonds is 8. The highest BCUT2D eigenvalue weighted by Gasteiger charge is 2.35. The Morgan fingerprint density at radius 1 is 1.21 bits per heavy atom. The van der Waals surface area contributed by atoms with Gasteiger partial charge in [-0.15, -0.1) is 0 Å². The summed E-state index contributed by atoms with van der Waals surface area (Å²) in [5.74, 6) is 0. The molecule has 114 valence electrons. The Kier molecular flexibility index (Phi) is 6.78. The highest BCUT2D eigenvalue weighted by Crippen LogP contribution is 2.38. The van der Waals surface area contributed by atoms with Crippen molar-refractivity contribution in [2.45, 2.75) is 58.4 Å². The average molecular weight is 270 g/mol. The molecule has 1 aliphatic carbocycles. The smallest absolute Gasteiger partial charge is 0.0474 e. The van der Waals surface area contributed by atoms with Gasteiger partial charge in [-0.3, -0.25) is 0 Å². The van der Waals surface area contributed by atoms with Crippen LogP contribution in [-0.4, -0.2) is 50.8 Å². The van der Waals surface area contributed by atoms with Gasteiger partial charge in [0.2, 0.25) is 0 Å². The number of hydrogen-bond donors (Lipinski definition) is 1. The first-order chi connectivity index (χ1) is 8.87. The second-order valence-electron chi connectivity index (χ2n) is 7.39. The molecule has 0 spiro atoms. The Balaban J connectivity index is 2.42. The summed E-state index contributed by atoms with van der Waals surface area (Å²) in [6.07, 6.45) is 6.70. The van der Waals surface area contributed by atoms with Crippen LogP contribution in [-0.2, 0) is 4.74 Å². The number of nitrogens with zero attached hydrogens (tertiary/aromatic N) is 1. The molecule has 0 heterocycles. The zero-order chi connectivity index (χ0) is 14.4. The third-order valence-electron chi connectivity index (χ3n) is 4.15. The van der Waals surface area contributed by atoms with E-state index in [2.05, 4.69) is 38.0 Å². The number of hydrogen-bond acceptors (Lipinski definition) is 3. The molecular weight excluding hydrogens is 236 g/mol. The molecule has 0 unspecified atom stereocenters. The number of ether oxygens (including phenoxy) is 1. The predicted molar refractivity (Wildman–Crippen MR) is 82.6 cm³/mol. The van der Waals surface area contributed by atoms with Crippen molar-refractivity contribution in [2.24, 2.45) is 5.41 Å². The quantitative estimate of drug-likeness (QED) is 0.686. The van der Waals surface area contributed by atoms with E-state index in [0.717, 1.165) is 26.1 Å². The van der Waals surface area contributed by atoms with E-state index < -0.39 is 0 Å². The van der Waals surface area contributed by atoms with Crippen molar-refractivity contribution in [3.05, 3.63) is 0 Å². The topological polar surface area (TPSA) is 24.5 Å². The van der Waals surface area contributed by atoms with Crippen LogP contribution >= 0.6 is 0 Å². The fourth-order valence-electron chi connectivity index (χ4n) is 3.10. The van der Waals surface area contributed by atoms with Crippen LogP contribution in [0.15, 0.2) is 0 Å². The van der Waals surface area contributed by atoms with Crippen LogP contribution in [0.25, 0.3) is 0 Å². The normalized spacial score (nSPS) is 19.3. The van der Waals surface area contributed by atoms with Gasteiger partial charge in [-0.1, -0.05) is 12.8 Å². The summed E-state index contributed by atoms with van der Waals surface area (Å²) >= 11 is 0. The molecule has 1 saturated carbocycles. The summed E-state index contributed by atoms with van der Waals surface area (Å²) in [6.45, 7) is 11.2. The molecule has 3 nitrogen and oxygen atoms in total. The van der Waals surface area contributed by atoms with Gasteiger partial charge in [-0.2, -0.15) is 0 Å². The minimum absolute atomic E-state index is 0.226. The van der Waals surface area contributed by atoms with Crippen LogP contribution in [0, 0.1) is 5.41 Å². The lowest BCUT2D eigenvalue weighted by molar-refractivity contribution is 0.140. The molecule has 1 aliphatic rings. The van der Waals surface area contributed by atoms with Gasteiger partial charge in [0.25, 0.3) is 0 Å². The van der Waals surface area contributed by atoms with E-state index in [4.69, 9.17) is 4.74 Å². The van der Waals surface area contributed by atoms with E-state index >= 15 is 0 Å². The van der Waals surface area contributed by atoms with Gasteiger partial charge in [0.15, 0.2) is 0 Å². The van der Waals surface area contributed by atoms with Gasteiger partial charge in [-0.25, -0.2) is 0 Å². The van der Waals surface area contributed by atoms with Crippen molar-refractivity contribution in [3.8, 4) is 0 Å². The largest absolute Gasteiger partial charge is 0.385 e. The highest BCUT2D eigenvalue weighted by atomic mass is 16.5. The maximum absolute atomic E-state index is 5.14. The third kappa shape index (κ3) is 6.73. The maximum atomic E-state index is 5.14. The molecule has 0 radical (unpaired) electrons. The first kappa shape index (κ1) is 16.9. The standard InChI is InChI=1S/C16H34N2O/c1-15(2,3)17-13-16(9-6-7-10-16)14-18(4)11-8-12-19-5/h17H,6-14H2,1-5H3. The van der Waals surface area contributed by atoms with Crippen molar-refractivity contribution >= 4 is 0 Å². The van der Waals surface area contributed by atoms with Gasteiger partial charge in [0, 0.05) is 38.9 Å². The Morgan fingerprint density at radius 2 is 1.84 bits per heavy atom. The highest BCUT2D eigenvalue weighted by molar-refractivity contribution is 4.90. The molecular formula is C16H34N2O. The van der Waals surface area contributed by atoms with Crippen molar-refractivity contribution in [1.82, 2.24) is 10.2 Å². The fourth-order valence-corrected chi connectivity index (χ4v) is 3.10. The van der Waals surface area contributed by atoms with E-state index in [1.165, 1.54) is 32.2 Å².